The van der Waals surface area contributed by atoms with Crippen LogP contribution in [0.1, 0.15) is 46.4 Å². The monoisotopic (exact) mass is 367 g/mol. The van der Waals surface area contributed by atoms with Crippen molar-refractivity contribution in [3.05, 3.63) is 70.4 Å². The van der Waals surface area contributed by atoms with E-state index in [4.69, 9.17) is 4.74 Å². The molecule has 1 unspecified atom stereocenters. The SMILES string of the molecule is O=C(c1cccc(OCc2cccs2)c1)N1CCCCC1c1ncc[nH]1. The van der Waals surface area contributed by atoms with Crippen molar-refractivity contribution >= 4 is 17.2 Å². The number of aromatic amines is 1. The van der Waals surface area contributed by atoms with Gasteiger partial charge in [0.2, 0.25) is 0 Å². The predicted octanol–water partition coefficient (Wildman–Crippen LogP) is 4.42. The molecule has 2 aromatic heterocycles. The number of carbonyl (C=O) groups excluding carboxylic acids is 1. The third kappa shape index (κ3) is 3.65. The zero-order chi connectivity index (χ0) is 17.8. The number of amides is 1. The Kier molecular flexibility index (Phi) is 5.02. The van der Waals surface area contributed by atoms with E-state index < -0.39 is 0 Å². The molecule has 1 fully saturated rings. The average molecular weight is 367 g/mol. The molecule has 3 aromatic rings. The highest BCUT2D eigenvalue weighted by Crippen LogP contribution is 2.30. The molecule has 1 aliphatic heterocycles. The van der Waals surface area contributed by atoms with Crippen molar-refractivity contribution in [2.45, 2.75) is 31.9 Å². The van der Waals surface area contributed by atoms with Crippen LogP contribution in [0.25, 0.3) is 0 Å². The Bertz CT molecular complexity index is 846. The fraction of sp³-hybridized carbons (Fsp3) is 0.300. The molecule has 0 aliphatic carbocycles. The van der Waals surface area contributed by atoms with Gasteiger partial charge in [-0.05, 0) is 48.9 Å². The number of carbonyl (C=O) groups is 1. The van der Waals surface area contributed by atoms with E-state index in [1.54, 1.807) is 17.5 Å². The summed E-state index contributed by atoms with van der Waals surface area (Å²) in [5.74, 6) is 1.62. The second-order valence-electron chi connectivity index (χ2n) is 6.38. The Morgan fingerprint density at radius 2 is 2.27 bits per heavy atom. The van der Waals surface area contributed by atoms with Gasteiger partial charge in [-0.25, -0.2) is 4.98 Å². The number of nitrogens with zero attached hydrogens (tertiary/aromatic N) is 2. The third-order valence-corrected chi connectivity index (χ3v) is 5.49. The fourth-order valence-electron chi connectivity index (χ4n) is 3.35. The molecule has 1 amide bonds. The number of piperidine rings is 1. The van der Waals surface area contributed by atoms with Gasteiger partial charge in [0.05, 0.1) is 6.04 Å². The number of nitrogens with one attached hydrogen (secondary N) is 1. The van der Waals surface area contributed by atoms with Gasteiger partial charge in [0, 0.05) is 29.4 Å². The Morgan fingerprint density at radius 3 is 3.08 bits per heavy atom. The maximum absolute atomic E-state index is 13.1. The van der Waals surface area contributed by atoms with Crippen LogP contribution in [0.5, 0.6) is 5.75 Å². The standard InChI is InChI=1S/C20H21N3O2S/c24-20(23-11-2-1-8-18(23)19-21-9-10-22-19)15-5-3-6-16(13-15)25-14-17-7-4-12-26-17/h3-7,9-10,12-13,18H,1-2,8,11,14H2,(H,21,22). The summed E-state index contributed by atoms with van der Waals surface area (Å²) in [6, 6.07) is 11.5. The van der Waals surface area contributed by atoms with Crippen molar-refractivity contribution in [1.29, 1.82) is 0 Å². The van der Waals surface area contributed by atoms with E-state index in [0.29, 0.717) is 12.2 Å². The van der Waals surface area contributed by atoms with Crippen molar-refractivity contribution < 1.29 is 9.53 Å². The summed E-state index contributed by atoms with van der Waals surface area (Å²) in [6.07, 6.45) is 6.63. The van der Waals surface area contributed by atoms with E-state index in [1.807, 2.05) is 52.9 Å². The Morgan fingerprint density at radius 1 is 1.31 bits per heavy atom. The molecule has 1 aromatic carbocycles. The lowest BCUT2D eigenvalue weighted by molar-refractivity contribution is 0.0600. The Hall–Kier alpha value is -2.60. The topological polar surface area (TPSA) is 58.2 Å². The lowest BCUT2D eigenvalue weighted by Gasteiger charge is -2.34. The molecular weight excluding hydrogens is 346 g/mol. The maximum atomic E-state index is 13.1. The number of H-pyrrole nitrogens is 1. The molecule has 134 valence electrons. The second kappa shape index (κ2) is 7.74. The Labute approximate surface area is 156 Å². The average Bonchev–Trinajstić information content (AvgIpc) is 3.40. The minimum Gasteiger partial charge on any atom is -0.488 e. The van der Waals surface area contributed by atoms with Crippen LogP contribution in [-0.4, -0.2) is 27.3 Å². The normalized spacial score (nSPS) is 17.2. The number of hydrogen-bond donors (Lipinski definition) is 1. The third-order valence-electron chi connectivity index (χ3n) is 4.64. The number of benzene rings is 1. The molecule has 1 N–H and O–H groups in total. The lowest BCUT2D eigenvalue weighted by Crippen LogP contribution is -2.39. The molecule has 1 saturated heterocycles. The van der Waals surface area contributed by atoms with Crippen molar-refractivity contribution in [3.63, 3.8) is 0 Å². The zero-order valence-electron chi connectivity index (χ0n) is 14.4. The number of ether oxygens (including phenoxy) is 1. The van der Waals surface area contributed by atoms with E-state index in [2.05, 4.69) is 9.97 Å². The minimum absolute atomic E-state index is 0.0157. The smallest absolute Gasteiger partial charge is 0.254 e. The fourth-order valence-corrected chi connectivity index (χ4v) is 3.97. The summed E-state index contributed by atoms with van der Waals surface area (Å²) < 4.78 is 5.85. The van der Waals surface area contributed by atoms with Crippen LogP contribution in [0.4, 0.5) is 0 Å². The molecule has 1 atom stereocenters. The molecule has 6 heteroatoms. The quantitative estimate of drug-likeness (QED) is 0.726. The highest BCUT2D eigenvalue weighted by atomic mass is 32.1. The van der Waals surface area contributed by atoms with Crippen molar-refractivity contribution in [2.24, 2.45) is 0 Å². The zero-order valence-corrected chi connectivity index (χ0v) is 15.2. The van der Waals surface area contributed by atoms with Crippen LogP contribution in [0.2, 0.25) is 0 Å². The summed E-state index contributed by atoms with van der Waals surface area (Å²) >= 11 is 1.66. The summed E-state index contributed by atoms with van der Waals surface area (Å²) in [4.78, 5) is 23.7. The summed E-state index contributed by atoms with van der Waals surface area (Å²) in [5, 5.41) is 2.03. The van der Waals surface area contributed by atoms with Gasteiger partial charge in [-0.3, -0.25) is 4.79 Å². The van der Waals surface area contributed by atoms with E-state index in [0.717, 1.165) is 42.3 Å². The number of rotatable bonds is 5. The highest BCUT2D eigenvalue weighted by Gasteiger charge is 2.30. The van der Waals surface area contributed by atoms with E-state index in [-0.39, 0.29) is 11.9 Å². The number of thiophene rings is 1. The van der Waals surface area contributed by atoms with E-state index in [9.17, 15) is 4.79 Å². The molecule has 0 saturated carbocycles. The van der Waals surface area contributed by atoms with E-state index >= 15 is 0 Å². The molecule has 26 heavy (non-hydrogen) atoms. The summed E-state index contributed by atoms with van der Waals surface area (Å²) in [5.41, 5.74) is 0.659. The van der Waals surface area contributed by atoms with Gasteiger partial charge in [-0.2, -0.15) is 0 Å². The number of hydrogen-bond acceptors (Lipinski definition) is 4. The van der Waals surface area contributed by atoms with Gasteiger partial charge < -0.3 is 14.6 Å². The lowest BCUT2D eigenvalue weighted by atomic mass is 10.00. The predicted molar refractivity (Wildman–Crippen MR) is 101 cm³/mol. The van der Waals surface area contributed by atoms with E-state index in [1.165, 1.54) is 0 Å². The molecular formula is C20H21N3O2S. The minimum atomic E-state index is 0.0157. The van der Waals surface area contributed by atoms with Gasteiger partial charge in [-0.1, -0.05) is 12.1 Å². The van der Waals surface area contributed by atoms with Crippen molar-refractivity contribution in [3.8, 4) is 5.75 Å². The number of imidazole rings is 1. The molecule has 5 nitrogen and oxygen atoms in total. The Balaban J connectivity index is 1.50. The first-order chi connectivity index (χ1) is 12.8. The molecule has 0 spiro atoms. The van der Waals surface area contributed by atoms with Crippen molar-refractivity contribution in [2.75, 3.05) is 6.54 Å². The van der Waals surface area contributed by atoms with Crippen LogP contribution in [-0.2, 0) is 6.61 Å². The molecule has 1 aliphatic rings. The van der Waals surface area contributed by atoms with Gasteiger partial charge in [0.15, 0.2) is 0 Å². The summed E-state index contributed by atoms with van der Waals surface area (Å²) in [6.45, 7) is 1.28. The molecule has 0 radical (unpaired) electrons. The molecule has 3 heterocycles. The van der Waals surface area contributed by atoms with Gasteiger partial charge in [0.1, 0.15) is 18.2 Å². The first-order valence-corrected chi connectivity index (χ1v) is 9.75. The highest BCUT2D eigenvalue weighted by molar-refractivity contribution is 7.09. The van der Waals surface area contributed by atoms with Gasteiger partial charge >= 0.3 is 0 Å². The maximum Gasteiger partial charge on any atom is 0.254 e. The first-order valence-electron chi connectivity index (χ1n) is 8.87. The van der Waals surface area contributed by atoms with Gasteiger partial charge in [0.25, 0.3) is 5.91 Å². The van der Waals surface area contributed by atoms with Crippen LogP contribution in [0.15, 0.2) is 54.2 Å². The first kappa shape index (κ1) is 16.8. The molecule has 4 rings (SSSR count). The van der Waals surface area contributed by atoms with Crippen LogP contribution < -0.4 is 4.74 Å². The molecule has 0 bridgehead atoms. The largest absolute Gasteiger partial charge is 0.488 e. The number of aromatic nitrogens is 2. The van der Waals surface area contributed by atoms with Crippen LogP contribution in [0.3, 0.4) is 0 Å². The number of likely N-dealkylation sites (tertiary alicyclic amines) is 1. The van der Waals surface area contributed by atoms with Crippen LogP contribution >= 0.6 is 11.3 Å². The van der Waals surface area contributed by atoms with Crippen molar-refractivity contribution in [1.82, 2.24) is 14.9 Å². The summed E-state index contributed by atoms with van der Waals surface area (Å²) in [7, 11) is 0. The van der Waals surface area contributed by atoms with Crippen LogP contribution in [0, 0.1) is 0 Å². The second-order valence-corrected chi connectivity index (χ2v) is 7.41. The van der Waals surface area contributed by atoms with Gasteiger partial charge in [-0.15, -0.1) is 11.3 Å².